The van der Waals surface area contributed by atoms with Crippen LogP contribution in [0.5, 0.6) is 5.75 Å². The van der Waals surface area contributed by atoms with Gasteiger partial charge in [-0.3, -0.25) is 4.79 Å². The Labute approximate surface area is 153 Å². The van der Waals surface area contributed by atoms with Gasteiger partial charge in [-0.05, 0) is 47.2 Å². The molecule has 0 saturated heterocycles. The molecule has 3 aromatic carbocycles. The zero-order valence-corrected chi connectivity index (χ0v) is 14.6. The third kappa shape index (κ3) is 3.70. The molecule has 2 N–H and O–H groups in total. The lowest BCUT2D eigenvalue weighted by atomic mass is 10.0. The highest BCUT2D eigenvalue weighted by molar-refractivity contribution is 9.10. The number of carbonyl (C=O) groups is 1. The van der Waals surface area contributed by atoms with Gasteiger partial charge in [-0.1, -0.05) is 46.3 Å². The van der Waals surface area contributed by atoms with Gasteiger partial charge >= 0.3 is 0 Å². The van der Waals surface area contributed by atoms with Gasteiger partial charge < -0.3 is 10.4 Å². The highest BCUT2D eigenvalue weighted by Gasteiger charge is 2.12. The van der Waals surface area contributed by atoms with Gasteiger partial charge in [0.2, 0.25) is 0 Å². The lowest BCUT2D eigenvalue weighted by molar-refractivity contribution is -0.112. The summed E-state index contributed by atoms with van der Waals surface area (Å²) in [5.41, 5.74) is 0.937. The van der Waals surface area contributed by atoms with E-state index in [1.807, 2.05) is 30.3 Å². The summed E-state index contributed by atoms with van der Waals surface area (Å²) >= 11 is 3.33. The van der Waals surface area contributed by atoms with Gasteiger partial charge in [-0.15, -0.1) is 0 Å². The van der Waals surface area contributed by atoms with E-state index in [9.17, 15) is 15.2 Å². The van der Waals surface area contributed by atoms with Crippen molar-refractivity contribution in [2.75, 3.05) is 5.32 Å². The van der Waals surface area contributed by atoms with Crippen molar-refractivity contribution in [1.82, 2.24) is 0 Å². The Morgan fingerprint density at radius 1 is 1.08 bits per heavy atom. The molecule has 0 aliphatic carbocycles. The fourth-order valence-electron chi connectivity index (χ4n) is 2.46. The monoisotopic (exact) mass is 392 g/mol. The van der Waals surface area contributed by atoms with Crippen LogP contribution in [-0.2, 0) is 4.79 Å². The number of carbonyl (C=O) groups excluding carboxylic acids is 1. The number of aromatic hydroxyl groups is 1. The Morgan fingerprint density at radius 2 is 1.80 bits per heavy atom. The average Bonchev–Trinajstić information content (AvgIpc) is 2.63. The Morgan fingerprint density at radius 3 is 2.52 bits per heavy atom. The van der Waals surface area contributed by atoms with Crippen molar-refractivity contribution >= 4 is 44.4 Å². The largest absolute Gasteiger partial charge is 0.507 e. The molecule has 3 aromatic rings. The SMILES string of the molecule is N#C/C(=C/c1c(O)ccc2ccccc12)C(=O)Nc1ccc(Br)cc1. The molecule has 0 saturated carbocycles. The van der Waals surface area contributed by atoms with E-state index < -0.39 is 5.91 Å². The number of halogens is 1. The summed E-state index contributed by atoms with van der Waals surface area (Å²) in [6, 6.07) is 19.8. The molecule has 0 aromatic heterocycles. The van der Waals surface area contributed by atoms with Crippen molar-refractivity contribution in [2.24, 2.45) is 0 Å². The molecule has 4 nitrogen and oxygen atoms in total. The van der Waals surface area contributed by atoms with Crippen LogP contribution in [-0.4, -0.2) is 11.0 Å². The fraction of sp³-hybridized carbons (Fsp3) is 0. The molecule has 0 radical (unpaired) electrons. The van der Waals surface area contributed by atoms with Crippen molar-refractivity contribution in [3.8, 4) is 11.8 Å². The van der Waals surface area contributed by atoms with E-state index in [-0.39, 0.29) is 11.3 Å². The maximum Gasteiger partial charge on any atom is 0.266 e. The van der Waals surface area contributed by atoms with Gasteiger partial charge in [-0.25, -0.2) is 0 Å². The second-order valence-electron chi connectivity index (χ2n) is 5.35. The standard InChI is InChI=1S/C20H13BrN2O2/c21-15-6-8-16(9-7-15)23-20(25)14(12-22)11-18-17-4-2-1-3-13(17)5-10-19(18)24/h1-11,24H,(H,23,25)/b14-11-. The molecule has 0 atom stereocenters. The van der Waals surface area contributed by atoms with Gasteiger partial charge in [0.15, 0.2) is 0 Å². The van der Waals surface area contributed by atoms with Gasteiger partial charge in [0.05, 0.1) is 0 Å². The van der Waals surface area contributed by atoms with E-state index in [4.69, 9.17) is 0 Å². The summed E-state index contributed by atoms with van der Waals surface area (Å²) < 4.78 is 0.891. The third-order valence-electron chi connectivity index (χ3n) is 3.70. The molecule has 0 fully saturated rings. The number of hydrogen-bond donors (Lipinski definition) is 2. The predicted octanol–water partition coefficient (Wildman–Crippen LogP) is 4.85. The number of amides is 1. The molecule has 0 spiro atoms. The van der Waals surface area contributed by atoms with E-state index in [0.717, 1.165) is 15.2 Å². The number of nitriles is 1. The van der Waals surface area contributed by atoms with Gasteiger partial charge in [-0.2, -0.15) is 5.26 Å². The molecule has 0 aliphatic heterocycles. The number of anilines is 1. The minimum absolute atomic E-state index is 0.0166. The Kier molecular flexibility index (Phi) is 4.82. The Hall–Kier alpha value is -3.10. The Bertz CT molecular complexity index is 1020. The normalized spacial score (nSPS) is 11.1. The molecule has 0 aliphatic rings. The number of hydrogen-bond acceptors (Lipinski definition) is 3. The highest BCUT2D eigenvalue weighted by atomic mass is 79.9. The van der Waals surface area contributed by atoms with Crippen LogP contribution in [0.1, 0.15) is 5.56 Å². The molecule has 3 rings (SSSR count). The number of rotatable bonds is 3. The fourth-order valence-corrected chi connectivity index (χ4v) is 2.72. The summed E-state index contributed by atoms with van der Waals surface area (Å²) in [7, 11) is 0. The lowest BCUT2D eigenvalue weighted by Gasteiger charge is -2.07. The molecule has 5 heteroatoms. The number of benzene rings is 3. The van der Waals surface area contributed by atoms with Gasteiger partial charge in [0, 0.05) is 15.7 Å². The van der Waals surface area contributed by atoms with E-state index in [1.165, 1.54) is 6.08 Å². The quantitative estimate of drug-likeness (QED) is 0.493. The van der Waals surface area contributed by atoms with Crippen molar-refractivity contribution in [2.45, 2.75) is 0 Å². The van der Waals surface area contributed by atoms with Gasteiger partial charge in [0.25, 0.3) is 5.91 Å². The van der Waals surface area contributed by atoms with Crippen molar-refractivity contribution in [1.29, 1.82) is 5.26 Å². The molecule has 1 amide bonds. The van der Waals surface area contributed by atoms with E-state index in [1.54, 1.807) is 36.4 Å². The summed E-state index contributed by atoms with van der Waals surface area (Å²) in [5.74, 6) is -0.514. The van der Waals surface area contributed by atoms with Gasteiger partial charge in [0.1, 0.15) is 17.4 Å². The van der Waals surface area contributed by atoms with Crippen LogP contribution in [0.4, 0.5) is 5.69 Å². The zero-order valence-electron chi connectivity index (χ0n) is 13.0. The summed E-state index contributed by atoms with van der Waals surface area (Å²) in [6.45, 7) is 0. The average molecular weight is 393 g/mol. The minimum Gasteiger partial charge on any atom is -0.507 e. The van der Waals surface area contributed by atoms with Crippen molar-refractivity contribution < 1.29 is 9.90 Å². The minimum atomic E-state index is -0.530. The highest BCUT2D eigenvalue weighted by Crippen LogP contribution is 2.29. The molecule has 0 unspecified atom stereocenters. The van der Waals surface area contributed by atoms with E-state index in [0.29, 0.717) is 11.3 Å². The van der Waals surface area contributed by atoms with Crippen LogP contribution >= 0.6 is 15.9 Å². The van der Waals surface area contributed by atoms with Crippen LogP contribution in [0.25, 0.3) is 16.8 Å². The van der Waals surface area contributed by atoms with Crippen molar-refractivity contribution in [3.05, 3.63) is 76.3 Å². The van der Waals surface area contributed by atoms with E-state index >= 15 is 0 Å². The number of phenols is 1. The first kappa shape index (κ1) is 16.7. The number of nitrogens with zero attached hydrogens (tertiary/aromatic N) is 1. The summed E-state index contributed by atoms with van der Waals surface area (Å²) in [5, 5.41) is 23.9. The zero-order chi connectivity index (χ0) is 17.8. The first-order valence-electron chi connectivity index (χ1n) is 7.48. The number of nitrogens with one attached hydrogen (secondary N) is 1. The topological polar surface area (TPSA) is 73.1 Å². The van der Waals surface area contributed by atoms with Crippen LogP contribution in [0.2, 0.25) is 0 Å². The predicted molar refractivity (Wildman–Crippen MR) is 102 cm³/mol. The molecule has 0 heterocycles. The molecule has 122 valence electrons. The second kappa shape index (κ2) is 7.20. The second-order valence-corrected chi connectivity index (χ2v) is 6.27. The third-order valence-corrected chi connectivity index (χ3v) is 4.23. The summed E-state index contributed by atoms with van der Waals surface area (Å²) in [6.07, 6.45) is 1.41. The number of phenolic OH excluding ortho intramolecular Hbond substituents is 1. The smallest absolute Gasteiger partial charge is 0.266 e. The maximum atomic E-state index is 12.4. The first-order chi connectivity index (χ1) is 12.1. The van der Waals surface area contributed by atoms with Crippen molar-refractivity contribution in [3.63, 3.8) is 0 Å². The number of fused-ring (bicyclic) bond motifs is 1. The first-order valence-corrected chi connectivity index (χ1v) is 8.27. The molecular weight excluding hydrogens is 380 g/mol. The van der Waals surface area contributed by atoms with E-state index in [2.05, 4.69) is 21.2 Å². The summed E-state index contributed by atoms with van der Waals surface area (Å²) in [4.78, 5) is 12.4. The van der Waals surface area contributed by atoms with Crippen LogP contribution in [0.15, 0.2) is 70.7 Å². The van der Waals surface area contributed by atoms with Crippen LogP contribution in [0, 0.1) is 11.3 Å². The van der Waals surface area contributed by atoms with Crippen LogP contribution in [0.3, 0.4) is 0 Å². The lowest BCUT2D eigenvalue weighted by Crippen LogP contribution is -2.13. The molecular formula is C20H13BrN2O2. The molecule has 0 bridgehead atoms. The maximum absolute atomic E-state index is 12.4. The van der Waals surface area contributed by atoms with Crippen LogP contribution < -0.4 is 5.32 Å². The Balaban J connectivity index is 1.98. The molecule has 25 heavy (non-hydrogen) atoms.